The highest BCUT2D eigenvalue weighted by atomic mass is 79.9. The molecule has 18 heavy (non-hydrogen) atoms. The molecule has 4 heteroatoms. The molecule has 1 heterocycles. The lowest BCUT2D eigenvalue weighted by atomic mass is 10.0. The summed E-state index contributed by atoms with van der Waals surface area (Å²) in [6.45, 7) is 4.49. The third kappa shape index (κ3) is 3.54. The minimum atomic E-state index is 0.209. The Morgan fingerprint density at radius 2 is 2.39 bits per heavy atom. The van der Waals surface area contributed by atoms with E-state index in [1.54, 1.807) is 0 Å². The van der Waals surface area contributed by atoms with Gasteiger partial charge < -0.3 is 15.8 Å². The van der Waals surface area contributed by atoms with E-state index >= 15 is 0 Å². The molecule has 0 saturated carbocycles. The van der Waals surface area contributed by atoms with Gasteiger partial charge in [0.25, 0.3) is 0 Å². The van der Waals surface area contributed by atoms with Crippen molar-refractivity contribution in [3.63, 3.8) is 0 Å². The first-order valence-corrected chi connectivity index (χ1v) is 7.31. The van der Waals surface area contributed by atoms with Crippen LogP contribution in [-0.4, -0.2) is 25.8 Å². The lowest BCUT2D eigenvalue weighted by Gasteiger charge is -2.20. The number of benzene rings is 1. The van der Waals surface area contributed by atoms with Gasteiger partial charge in [-0.15, -0.1) is 0 Å². The molecule has 2 unspecified atom stereocenters. The van der Waals surface area contributed by atoms with Gasteiger partial charge in [0.15, 0.2) is 0 Å². The van der Waals surface area contributed by atoms with E-state index in [9.17, 15) is 0 Å². The molecule has 100 valence electrons. The number of halogens is 1. The molecule has 3 N–H and O–H groups in total. The number of hydrogen-bond acceptors (Lipinski definition) is 3. The molecule has 0 bridgehead atoms. The van der Waals surface area contributed by atoms with Crippen LogP contribution in [0.4, 0.5) is 0 Å². The Morgan fingerprint density at radius 3 is 3.00 bits per heavy atom. The van der Waals surface area contributed by atoms with Crippen LogP contribution in [0.1, 0.15) is 30.0 Å². The van der Waals surface area contributed by atoms with Gasteiger partial charge in [0.05, 0.1) is 6.10 Å². The summed E-state index contributed by atoms with van der Waals surface area (Å²) in [6.07, 6.45) is 2.69. The molecule has 1 aliphatic heterocycles. The normalized spacial score (nSPS) is 21.2. The third-order valence-electron chi connectivity index (χ3n) is 3.44. The molecule has 1 aromatic carbocycles. The van der Waals surface area contributed by atoms with Crippen molar-refractivity contribution in [1.29, 1.82) is 0 Å². The standard InChI is InChI=1S/C14H21BrN2O/c1-10-7-11(4-5-13(10)15)14(8-16)17-9-12-3-2-6-18-12/h4-5,7,12,14,17H,2-3,6,8-9,16H2,1H3. The highest BCUT2D eigenvalue weighted by molar-refractivity contribution is 9.10. The highest BCUT2D eigenvalue weighted by Crippen LogP contribution is 2.21. The molecular formula is C14H21BrN2O. The zero-order valence-electron chi connectivity index (χ0n) is 10.8. The van der Waals surface area contributed by atoms with Gasteiger partial charge in [-0.25, -0.2) is 0 Å². The molecule has 0 aliphatic carbocycles. The topological polar surface area (TPSA) is 47.3 Å². The van der Waals surface area contributed by atoms with Gasteiger partial charge in [0.1, 0.15) is 0 Å². The summed E-state index contributed by atoms with van der Waals surface area (Å²) in [5.41, 5.74) is 8.35. The van der Waals surface area contributed by atoms with E-state index in [-0.39, 0.29) is 6.04 Å². The van der Waals surface area contributed by atoms with Crippen molar-refractivity contribution in [2.75, 3.05) is 19.7 Å². The molecule has 0 amide bonds. The first-order valence-electron chi connectivity index (χ1n) is 6.52. The Hall–Kier alpha value is -0.420. The Labute approximate surface area is 117 Å². The van der Waals surface area contributed by atoms with Crippen molar-refractivity contribution in [3.8, 4) is 0 Å². The van der Waals surface area contributed by atoms with E-state index in [0.29, 0.717) is 12.6 Å². The van der Waals surface area contributed by atoms with Gasteiger partial charge in [-0.3, -0.25) is 0 Å². The largest absolute Gasteiger partial charge is 0.377 e. The quantitative estimate of drug-likeness (QED) is 0.878. The van der Waals surface area contributed by atoms with Gasteiger partial charge >= 0.3 is 0 Å². The number of nitrogens with two attached hydrogens (primary N) is 1. The first kappa shape index (κ1) is 14.0. The van der Waals surface area contributed by atoms with E-state index in [4.69, 9.17) is 10.5 Å². The summed E-state index contributed by atoms with van der Waals surface area (Å²) < 4.78 is 6.76. The molecule has 1 saturated heterocycles. The molecule has 1 aliphatic rings. The van der Waals surface area contributed by atoms with Crippen LogP contribution in [0.5, 0.6) is 0 Å². The summed E-state index contributed by atoms with van der Waals surface area (Å²) in [6, 6.07) is 6.60. The summed E-state index contributed by atoms with van der Waals surface area (Å²) in [5, 5.41) is 3.51. The van der Waals surface area contributed by atoms with Gasteiger partial charge in [0.2, 0.25) is 0 Å². The maximum atomic E-state index is 5.86. The number of nitrogens with one attached hydrogen (secondary N) is 1. The Bertz CT molecular complexity index is 391. The van der Waals surface area contributed by atoms with Crippen molar-refractivity contribution >= 4 is 15.9 Å². The maximum Gasteiger partial charge on any atom is 0.0700 e. The fourth-order valence-electron chi connectivity index (χ4n) is 2.30. The smallest absolute Gasteiger partial charge is 0.0700 e. The van der Waals surface area contributed by atoms with Crippen LogP contribution in [0.2, 0.25) is 0 Å². The summed E-state index contributed by atoms with van der Waals surface area (Å²) >= 11 is 3.52. The monoisotopic (exact) mass is 312 g/mol. The van der Waals surface area contributed by atoms with Crippen LogP contribution < -0.4 is 11.1 Å². The minimum absolute atomic E-state index is 0.209. The van der Waals surface area contributed by atoms with Crippen LogP contribution in [0.25, 0.3) is 0 Å². The van der Waals surface area contributed by atoms with E-state index in [0.717, 1.165) is 24.0 Å². The van der Waals surface area contributed by atoms with Crippen LogP contribution in [-0.2, 0) is 4.74 Å². The average molecular weight is 313 g/mol. The molecular weight excluding hydrogens is 292 g/mol. The van der Waals surface area contributed by atoms with E-state index < -0.39 is 0 Å². The summed E-state index contributed by atoms with van der Waals surface area (Å²) in [7, 11) is 0. The van der Waals surface area contributed by atoms with Crippen LogP contribution in [0.3, 0.4) is 0 Å². The number of ether oxygens (including phenoxy) is 1. The average Bonchev–Trinajstić information content (AvgIpc) is 2.87. The molecule has 2 rings (SSSR count). The molecule has 1 fully saturated rings. The van der Waals surface area contributed by atoms with Crippen molar-refractivity contribution < 1.29 is 4.74 Å². The van der Waals surface area contributed by atoms with E-state index in [2.05, 4.69) is 46.4 Å². The molecule has 3 nitrogen and oxygen atoms in total. The fraction of sp³-hybridized carbons (Fsp3) is 0.571. The van der Waals surface area contributed by atoms with Crippen molar-refractivity contribution in [2.24, 2.45) is 5.73 Å². The summed E-state index contributed by atoms with van der Waals surface area (Å²) in [4.78, 5) is 0. The minimum Gasteiger partial charge on any atom is -0.377 e. The van der Waals surface area contributed by atoms with Gasteiger partial charge in [-0.05, 0) is 37.0 Å². The van der Waals surface area contributed by atoms with E-state index in [1.807, 2.05) is 0 Å². The second kappa shape index (κ2) is 6.66. The lowest BCUT2D eigenvalue weighted by Crippen LogP contribution is -2.34. The van der Waals surface area contributed by atoms with Gasteiger partial charge in [0, 0.05) is 30.2 Å². The molecule has 2 atom stereocenters. The predicted molar refractivity (Wildman–Crippen MR) is 77.7 cm³/mol. The SMILES string of the molecule is Cc1cc(C(CN)NCC2CCCO2)ccc1Br. The third-order valence-corrected chi connectivity index (χ3v) is 4.33. The lowest BCUT2D eigenvalue weighted by molar-refractivity contribution is 0.107. The van der Waals surface area contributed by atoms with E-state index in [1.165, 1.54) is 17.5 Å². The molecule has 0 spiro atoms. The highest BCUT2D eigenvalue weighted by Gasteiger charge is 2.17. The zero-order chi connectivity index (χ0) is 13.0. The maximum absolute atomic E-state index is 5.86. The van der Waals surface area contributed by atoms with Crippen LogP contribution in [0, 0.1) is 6.92 Å². The molecule has 0 aromatic heterocycles. The Kier molecular flexibility index (Phi) is 5.18. The number of hydrogen-bond donors (Lipinski definition) is 2. The van der Waals surface area contributed by atoms with Crippen LogP contribution >= 0.6 is 15.9 Å². The molecule has 0 radical (unpaired) electrons. The van der Waals surface area contributed by atoms with Gasteiger partial charge in [-0.1, -0.05) is 28.1 Å². The van der Waals surface area contributed by atoms with Crippen molar-refractivity contribution in [3.05, 3.63) is 33.8 Å². The first-order chi connectivity index (χ1) is 8.70. The summed E-state index contributed by atoms with van der Waals surface area (Å²) in [5.74, 6) is 0. The van der Waals surface area contributed by atoms with Crippen LogP contribution in [0.15, 0.2) is 22.7 Å². The van der Waals surface area contributed by atoms with Crippen molar-refractivity contribution in [2.45, 2.75) is 31.9 Å². The predicted octanol–water partition coefficient (Wildman–Crippen LogP) is 2.53. The Morgan fingerprint density at radius 1 is 1.56 bits per heavy atom. The Balaban J connectivity index is 1.96. The second-order valence-electron chi connectivity index (χ2n) is 4.84. The number of aryl methyl sites for hydroxylation is 1. The molecule has 1 aromatic rings. The van der Waals surface area contributed by atoms with Crippen molar-refractivity contribution in [1.82, 2.24) is 5.32 Å². The second-order valence-corrected chi connectivity index (χ2v) is 5.69. The zero-order valence-corrected chi connectivity index (χ0v) is 12.4. The number of rotatable bonds is 5. The fourth-order valence-corrected chi connectivity index (χ4v) is 2.55. The van der Waals surface area contributed by atoms with Gasteiger partial charge in [-0.2, -0.15) is 0 Å².